The van der Waals surface area contributed by atoms with Crippen LogP contribution < -0.4 is 10.9 Å². The highest BCUT2D eigenvalue weighted by molar-refractivity contribution is 5.93. The Morgan fingerprint density at radius 2 is 2.04 bits per heavy atom. The predicted octanol–water partition coefficient (Wildman–Crippen LogP) is -0.172. The molecule has 0 radical (unpaired) electrons. The summed E-state index contributed by atoms with van der Waals surface area (Å²) in [5.41, 5.74) is 0.377. The molecule has 1 aromatic heterocycles. The van der Waals surface area contributed by atoms with Crippen molar-refractivity contribution >= 4 is 11.8 Å². The largest absolute Gasteiger partial charge is 0.376 e. The fraction of sp³-hybridized carbons (Fsp3) is 0.632. The number of hydrogen-bond donors (Lipinski definition) is 1. The molecule has 1 N–H and O–H groups in total. The van der Waals surface area contributed by atoms with Gasteiger partial charge in [-0.2, -0.15) is 0 Å². The molecule has 148 valence electrons. The Hall–Kier alpha value is -2.19. The number of ether oxygens (including phenoxy) is 1. The minimum absolute atomic E-state index is 0.00309. The zero-order valence-corrected chi connectivity index (χ0v) is 15.9. The van der Waals surface area contributed by atoms with Gasteiger partial charge in [-0.05, 0) is 25.3 Å². The lowest BCUT2D eigenvalue weighted by Crippen LogP contribution is -2.42. The molecule has 0 spiro atoms. The van der Waals surface area contributed by atoms with Crippen molar-refractivity contribution in [3.63, 3.8) is 0 Å². The first kappa shape index (κ1) is 19.6. The minimum atomic E-state index is -0.136. The lowest BCUT2D eigenvalue weighted by atomic mass is 10.2. The van der Waals surface area contributed by atoms with E-state index in [1.54, 1.807) is 24.2 Å². The van der Waals surface area contributed by atoms with Crippen molar-refractivity contribution in [3.05, 3.63) is 34.2 Å². The van der Waals surface area contributed by atoms with Crippen LogP contribution in [0.1, 0.15) is 29.6 Å². The summed E-state index contributed by atoms with van der Waals surface area (Å²) in [5.74, 6) is -0.0707. The van der Waals surface area contributed by atoms with Crippen molar-refractivity contribution in [2.24, 2.45) is 7.05 Å². The summed E-state index contributed by atoms with van der Waals surface area (Å²) in [5, 5.41) is 2.95. The van der Waals surface area contributed by atoms with Gasteiger partial charge in [0, 0.05) is 58.6 Å². The van der Waals surface area contributed by atoms with E-state index in [4.69, 9.17) is 4.74 Å². The molecule has 27 heavy (non-hydrogen) atoms. The van der Waals surface area contributed by atoms with Gasteiger partial charge in [0.2, 0.25) is 11.5 Å². The van der Waals surface area contributed by atoms with Gasteiger partial charge in [-0.15, -0.1) is 0 Å². The van der Waals surface area contributed by atoms with Crippen LogP contribution in [-0.2, 0) is 16.6 Å². The molecule has 8 heteroatoms. The number of amides is 2. The molecule has 1 aromatic rings. The second-order valence-corrected chi connectivity index (χ2v) is 7.23. The third-order valence-electron chi connectivity index (χ3n) is 5.13. The average Bonchev–Trinajstić information content (AvgIpc) is 3.07. The van der Waals surface area contributed by atoms with Gasteiger partial charge in [-0.3, -0.25) is 19.3 Å². The summed E-state index contributed by atoms with van der Waals surface area (Å²) >= 11 is 0. The van der Waals surface area contributed by atoms with E-state index in [9.17, 15) is 14.4 Å². The Morgan fingerprint density at radius 3 is 2.78 bits per heavy atom. The van der Waals surface area contributed by atoms with Crippen molar-refractivity contribution in [2.45, 2.75) is 25.4 Å². The number of nitrogens with one attached hydrogen (secondary N) is 1. The second-order valence-electron chi connectivity index (χ2n) is 7.23. The quantitative estimate of drug-likeness (QED) is 0.771. The molecular formula is C19H28N4O4. The van der Waals surface area contributed by atoms with Crippen LogP contribution in [0.3, 0.4) is 0 Å². The van der Waals surface area contributed by atoms with Gasteiger partial charge in [0.15, 0.2) is 0 Å². The topological polar surface area (TPSA) is 83.9 Å². The molecule has 2 aliphatic rings. The number of carbonyl (C=O) groups excluding carboxylic acids is 2. The van der Waals surface area contributed by atoms with Crippen LogP contribution >= 0.6 is 0 Å². The van der Waals surface area contributed by atoms with Crippen LogP contribution in [-0.4, -0.2) is 78.2 Å². The van der Waals surface area contributed by atoms with Crippen molar-refractivity contribution in [3.8, 4) is 0 Å². The third kappa shape index (κ3) is 5.40. The van der Waals surface area contributed by atoms with Crippen molar-refractivity contribution in [1.29, 1.82) is 0 Å². The fourth-order valence-corrected chi connectivity index (χ4v) is 3.53. The summed E-state index contributed by atoms with van der Waals surface area (Å²) in [7, 11) is 1.64. The fourth-order valence-electron chi connectivity index (χ4n) is 3.53. The molecule has 2 fully saturated rings. The number of pyridine rings is 1. The summed E-state index contributed by atoms with van der Waals surface area (Å²) in [6, 6.07) is 2.99. The monoisotopic (exact) mass is 376 g/mol. The molecular weight excluding hydrogens is 348 g/mol. The van der Waals surface area contributed by atoms with Gasteiger partial charge in [-0.25, -0.2) is 0 Å². The highest BCUT2D eigenvalue weighted by Crippen LogP contribution is 2.11. The Labute approximate surface area is 159 Å². The van der Waals surface area contributed by atoms with Crippen LogP contribution in [0.15, 0.2) is 23.1 Å². The lowest BCUT2D eigenvalue weighted by molar-refractivity contribution is -0.122. The van der Waals surface area contributed by atoms with E-state index in [0.717, 1.165) is 32.4 Å². The highest BCUT2D eigenvalue weighted by atomic mass is 16.5. The van der Waals surface area contributed by atoms with E-state index < -0.39 is 0 Å². The summed E-state index contributed by atoms with van der Waals surface area (Å²) in [6.07, 6.45) is 4.61. The van der Waals surface area contributed by atoms with E-state index in [1.807, 2.05) is 0 Å². The minimum Gasteiger partial charge on any atom is -0.376 e. The van der Waals surface area contributed by atoms with Crippen LogP contribution in [0.4, 0.5) is 0 Å². The zero-order valence-electron chi connectivity index (χ0n) is 15.9. The highest BCUT2D eigenvalue weighted by Gasteiger charge is 2.22. The standard InChI is InChI=1S/C19H28N4O4/c1-21-13-15(5-6-18(21)25)19(26)23-8-3-7-22(9-10-23)14-17(24)20-12-16-4-2-11-27-16/h5-6,13,16H,2-4,7-12,14H2,1H3,(H,20,24). The maximum Gasteiger partial charge on any atom is 0.255 e. The first-order valence-electron chi connectivity index (χ1n) is 9.59. The molecule has 0 aromatic carbocycles. The van der Waals surface area contributed by atoms with E-state index in [1.165, 1.54) is 10.6 Å². The molecule has 0 aliphatic carbocycles. The number of aromatic nitrogens is 1. The van der Waals surface area contributed by atoms with Crippen molar-refractivity contribution in [1.82, 2.24) is 19.7 Å². The molecule has 3 rings (SSSR count). The molecule has 1 unspecified atom stereocenters. The van der Waals surface area contributed by atoms with Crippen LogP contribution in [0.5, 0.6) is 0 Å². The average molecular weight is 376 g/mol. The molecule has 3 heterocycles. The predicted molar refractivity (Wildman–Crippen MR) is 101 cm³/mol. The summed E-state index contributed by atoms with van der Waals surface area (Å²) in [6.45, 7) is 4.36. The molecule has 0 saturated carbocycles. The van der Waals surface area contributed by atoms with Crippen LogP contribution in [0, 0.1) is 0 Å². The molecule has 2 aliphatic heterocycles. The Morgan fingerprint density at radius 1 is 1.19 bits per heavy atom. The summed E-state index contributed by atoms with van der Waals surface area (Å²) in [4.78, 5) is 40.2. The Balaban J connectivity index is 1.47. The first-order valence-corrected chi connectivity index (χ1v) is 9.59. The number of hydrogen-bond acceptors (Lipinski definition) is 5. The second kappa shape index (κ2) is 9.14. The van der Waals surface area contributed by atoms with E-state index >= 15 is 0 Å². The molecule has 1 atom stereocenters. The number of nitrogens with zero attached hydrogens (tertiary/aromatic N) is 3. The normalized spacial score (nSPS) is 21.1. The summed E-state index contributed by atoms with van der Waals surface area (Å²) < 4.78 is 6.93. The van der Waals surface area contributed by atoms with Gasteiger partial charge < -0.3 is 19.5 Å². The molecule has 2 amide bonds. The molecule has 2 saturated heterocycles. The SMILES string of the molecule is Cn1cc(C(=O)N2CCCN(CC(=O)NCC3CCCO3)CC2)ccc1=O. The van der Waals surface area contributed by atoms with Gasteiger partial charge in [0.05, 0.1) is 18.2 Å². The van der Waals surface area contributed by atoms with Gasteiger partial charge in [0.25, 0.3) is 5.91 Å². The van der Waals surface area contributed by atoms with Crippen LogP contribution in [0.25, 0.3) is 0 Å². The maximum atomic E-state index is 12.7. The van der Waals surface area contributed by atoms with Gasteiger partial charge in [-0.1, -0.05) is 0 Å². The van der Waals surface area contributed by atoms with Crippen molar-refractivity contribution < 1.29 is 14.3 Å². The first-order chi connectivity index (χ1) is 13.0. The Bertz CT molecular complexity index is 727. The Kier molecular flexibility index (Phi) is 6.63. The van der Waals surface area contributed by atoms with E-state index in [0.29, 0.717) is 38.3 Å². The van der Waals surface area contributed by atoms with Gasteiger partial charge in [0.1, 0.15) is 0 Å². The zero-order chi connectivity index (χ0) is 19.2. The van der Waals surface area contributed by atoms with Crippen molar-refractivity contribution in [2.75, 3.05) is 45.9 Å². The van der Waals surface area contributed by atoms with Gasteiger partial charge >= 0.3 is 0 Å². The number of carbonyl (C=O) groups is 2. The smallest absolute Gasteiger partial charge is 0.255 e. The van der Waals surface area contributed by atoms with E-state index in [-0.39, 0.29) is 23.5 Å². The third-order valence-corrected chi connectivity index (χ3v) is 5.13. The maximum absolute atomic E-state index is 12.7. The lowest BCUT2D eigenvalue weighted by Gasteiger charge is -2.22. The van der Waals surface area contributed by atoms with Crippen LogP contribution in [0.2, 0.25) is 0 Å². The van der Waals surface area contributed by atoms with E-state index in [2.05, 4.69) is 10.2 Å². The molecule has 0 bridgehead atoms. The number of rotatable bonds is 5. The number of aryl methyl sites for hydroxylation is 1. The molecule has 8 nitrogen and oxygen atoms in total.